The average molecular weight is 354 g/mol. The number of fused-ring (bicyclic) bond motifs is 1. The van der Waals surface area contributed by atoms with Crippen molar-refractivity contribution in [2.75, 3.05) is 36.8 Å². The molecule has 2 aromatic rings. The summed E-state index contributed by atoms with van der Waals surface area (Å²) in [6.45, 7) is 3.37. The minimum Gasteiger partial charge on any atom is -0.334 e. The van der Waals surface area contributed by atoms with Gasteiger partial charge in [0.05, 0.1) is 25.0 Å². The number of H-pyrrole nitrogens is 1. The number of aryl methyl sites for hydroxylation is 2. The summed E-state index contributed by atoms with van der Waals surface area (Å²) < 4.78 is 0. The number of anilines is 1. The minimum atomic E-state index is 0.252. The third-order valence-corrected chi connectivity index (χ3v) is 6.08. The molecular weight excluding hydrogens is 330 g/mol. The van der Waals surface area contributed by atoms with Gasteiger partial charge in [-0.25, -0.2) is 4.98 Å². The van der Waals surface area contributed by atoms with E-state index in [1.54, 1.807) is 11.8 Å². The highest BCUT2D eigenvalue weighted by Gasteiger charge is 2.25. The normalized spacial score (nSPS) is 16.8. The maximum Gasteiger partial charge on any atom is 0.274 e. The first kappa shape index (κ1) is 16.5. The van der Waals surface area contributed by atoms with E-state index in [-0.39, 0.29) is 5.91 Å². The lowest BCUT2D eigenvalue weighted by atomic mass is 10.1. The molecule has 1 saturated heterocycles. The van der Waals surface area contributed by atoms with Gasteiger partial charge in [0.15, 0.2) is 0 Å². The molecule has 1 aromatic carbocycles. The number of pyridine rings is 1. The monoisotopic (exact) mass is 354 g/mol. The topological polar surface area (TPSA) is 37.7 Å². The third kappa shape index (κ3) is 3.82. The van der Waals surface area contributed by atoms with E-state index in [2.05, 4.69) is 34.1 Å². The molecule has 1 aromatic heterocycles. The van der Waals surface area contributed by atoms with Crippen LogP contribution < -0.4 is 9.88 Å². The Labute approximate surface area is 153 Å². The second kappa shape index (κ2) is 7.48. The van der Waals surface area contributed by atoms with Crippen LogP contribution in [0.1, 0.15) is 17.5 Å². The molecule has 1 N–H and O–H groups in total. The number of hydrogen-bond donors (Lipinski definition) is 0. The summed E-state index contributed by atoms with van der Waals surface area (Å²) in [5.74, 6) is 1.92. The predicted octanol–water partition coefficient (Wildman–Crippen LogP) is 2.43. The number of aromatic nitrogens is 1. The van der Waals surface area contributed by atoms with E-state index in [0.29, 0.717) is 5.75 Å². The SMILES string of the molecule is O=C(CSc1ccc2c(c1)CCC2)N1CCN(c2cccc[nH+]2)CC1. The van der Waals surface area contributed by atoms with E-state index in [9.17, 15) is 4.79 Å². The smallest absolute Gasteiger partial charge is 0.274 e. The average Bonchev–Trinajstić information content (AvgIpc) is 3.15. The predicted molar refractivity (Wildman–Crippen MR) is 101 cm³/mol. The van der Waals surface area contributed by atoms with Crippen molar-refractivity contribution >= 4 is 23.5 Å². The number of carbonyl (C=O) groups is 1. The highest BCUT2D eigenvalue weighted by atomic mass is 32.2. The maximum atomic E-state index is 12.5. The lowest BCUT2D eigenvalue weighted by Gasteiger charge is -2.31. The summed E-state index contributed by atoms with van der Waals surface area (Å²) in [6.07, 6.45) is 5.62. The molecule has 1 aliphatic carbocycles. The Kier molecular flexibility index (Phi) is 4.92. The largest absolute Gasteiger partial charge is 0.334 e. The van der Waals surface area contributed by atoms with E-state index < -0.39 is 0 Å². The molecule has 0 bridgehead atoms. The van der Waals surface area contributed by atoms with Crippen LogP contribution in [0.2, 0.25) is 0 Å². The van der Waals surface area contributed by atoms with Crippen molar-refractivity contribution in [1.29, 1.82) is 0 Å². The van der Waals surface area contributed by atoms with Crippen molar-refractivity contribution in [3.63, 3.8) is 0 Å². The molecule has 0 radical (unpaired) electrons. The maximum absolute atomic E-state index is 12.5. The third-order valence-electron chi connectivity index (χ3n) is 5.10. The molecule has 0 unspecified atom stereocenters. The van der Waals surface area contributed by atoms with Crippen LogP contribution in [0.3, 0.4) is 0 Å². The first-order chi connectivity index (χ1) is 12.3. The zero-order chi connectivity index (χ0) is 17.1. The van der Waals surface area contributed by atoms with Crippen LogP contribution in [0.25, 0.3) is 0 Å². The van der Waals surface area contributed by atoms with Gasteiger partial charge in [0.25, 0.3) is 5.82 Å². The van der Waals surface area contributed by atoms with Gasteiger partial charge in [-0.3, -0.25) is 9.69 Å². The van der Waals surface area contributed by atoms with Gasteiger partial charge < -0.3 is 4.90 Å². The van der Waals surface area contributed by atoms with Crippen LogP contribution in [-0.4, -0.2) is 42.7 Å². The zero-order valence-corrected chi connectivity index (χ0v) is 15.2. The first-order valence-electron chi connectivity index (χ1n) is 9.04. The van der Waals surface area contributed by atoms with Crippen molar-refractivity contribution in [3.05, 3.63) is 53.7 Å². The molecule has 0 atom stereocenters. The molecule has 1 amide bonds. The van der Waals surface area contributed by atoms with Crippen LogP contribution in [0.15, 0.2) is 47.5 Å². The Bertz CT molecular complexity index is 742. The number of nitrogens with one attached hydrogen (secondary N) is 1. The number of amides is 1. The Balaban J connectivity index is 1.28. The van der Waals surface area contributed by atoms with E-state index in [1.807, 2.05) is 23.2 Å². The van der Waals surface area contributed by atoms with E-state index >= 15 is 0 Å². The van der Waals surface area contributed by atoms with Crippen LogP contribution in [-0.2, 0) is 17.6 Å². The number of carbonyl (C=O) groups excluding carboxylic acids is 1. The lowest BCUT2D eigenvalue weighted by Crippen LogP contribution is -2.50. The number of aromatic amines is 1. The van der Waals surface area contributed by atoms with E-state index in [4.69, 9.17) is 0 Å². The fourth-order valence-corrected chi connectivity index (χ4v) is 4.51. The molecule has 0 spiro atoms. The van der Waals surface area contributed by atoms with Crippen LogP contribution in [0, 0.1) is 0 Å². The fourth-order valence-electron chi connectivity index (χ4n) is 3.65. The van der Waals surface area contributed by atoms with E-state index in [0.717, 1.165) is 32.0 Å². The van der Waals surface area contributed by atoms with Crippen LogP contribution in [0.4, 0.5) is 5.82 Å². The number of benzene rings is 1. The van der Waals surface area contributed by atoms with Gasteiger partial charge in [0.1, 0.15) is 13.1 Å². The van der Waals surface area contributed by atoms with Gasteiger partial charge in [-0.1, -0.05) is 12.1 Å². The molecule has 4 nitrogen and oxygen atoms in total. The van der Waals surface area contributed by atoms with Gasteiger partial charge in [0.2, 0.25) is 5.91 Å². The quantitative estimate of drug-likeness (QED) is 0.792. The molecule has 2 aliphatic rings. The van der Waals surface area contributed by atoms with Gasteiger partial charge in [-0.2, -0.15) is 0 Å². The fraction of sp³-hybridized carbons (Fsp3) is 0.400. The number of piperazine rings is 1. The summed E-state index contributed by atoms with van der Waals surface area (Å²) in [6, 6.07) is 12.8. The zero-order valence-electron chi connectivity index (χ0n) is 14.4. The van der Waals surface area contributed by atoms with Crippen molar-refractivity contribution < 1.29 is 9.78 Å². The Morgan fingerprint density at radius 3 is 2.68 bits per heavy atom. The summed E-state index contributed by atoms with van der Waals surface area (Å²) in [5.41, 5.74) is 2.97. The molecule has 2 heterocycles. The highest BCUT2D eigenvalue weighted by Crippen LogP contribution is 2.27. The van der Waals surface area contributed by atoms with Crippen molar-refractivity contribution in [1.82, 2.24) is 4.90 Å². The number of thioether (sulfide) groups is 1. The molecule has 25 heavy (non-hydrogen) atoms. The van der Waals surface area contributed by atoms with Crippen molar-refractivity contribution in [2.24, 2.45) is 0 Å². The Hall–Kier alpha value is -2.01. The van der Waals surface area contributed by atoms with Crippen LogP contribution >= 0.6 is 11.8 Å². The standard InChI is InChI=1S/C20H23N3OS/c24-20(15-25-18-8-7-16-4-3-5-17(16)14-18)23-12-10-22(11-13-23)19-6-1-2-9-21-19/h1-2,6-9,14H,3-5,10-13,15H2/p+1. The van der Waals surface area contributed by atoms with Gasteiger partial charge in [-0.15, -0.1) is 11.8 Å². The Morgan fingerprint density at radius 2 is 1.88 bits per heavy atom. The van der Waals surface area contributed by atoms with Crippen LogP contribution in [0.5, 0.6) is 0 Å². The highest BCUT2D eigenvalue weighted by molar-refractivity contribution is 8.00. The number of hydrogen-bond acceptors (Lipinski definition) is 3. The summed E-state index contributed by atoms with van der Waals surface area (Å²) in [7, 11) is 0. The number of rotatable bonds is 4. The lowest BCUT2D eigenvalue weighted by molar-refractivity contribution is -0.364. The molecule has 5 heteroatoms. The Morgan fingerprint density at radius 1 is 1.04 bits per heavy atom. The van der Waals surface area contributed by atoms with Crippen molar-refractivity contribution in [3.8, 4) is 0 Å². The first-order valence-corrected chi connectivity index (χ1v) is 10.0. The second-order valence-electron chi connectivity index (χ2n) is 6.69. The molecular formula is C20H24N3OS+. The minimum absolute atomic E-state index is 0.252. The van der Waals surface area contributed by atoms with Gasteiger partial charge in [-0.05, 0) is 48.6 Å². The molecule has 130 valence electrons. The second-order valence-corrected chi connectivity index (χ2v) is 7.74. The van der Waals surface area contributed by atoms with Crippen molar-refractivity contribution in [2.45, 2.75) is 24.2 Å². The summed E-state index contributed by atoms with van der Waals surface area (Å²) in [5, 5.41) is 0. The van der Waals surface area contributed by atoms with Gasteiger partial charge >= 0.3 is 0 Å². The summed E-state index contributed by atoms with van der Waals surface area (Å²) >= 11 is 1.67. The summed E-state index contributed by atoms with van der Waals surface area (Å²) in [4.78, 5) is 21.3. The molecule has 1 fully saturated rings. The molecule has 0 saturated carbocycles. The van der Waals surface area contributed by atoms with Gasteiger partial charge in [0, 0.05) is 11.0 Å². The number of nitrogens with zero attached hydrogens (tertiary/aromatic N) is 2. The molecule has 1 aliphatic heterocycles. The molecule has 4 rings (SSSR count). The van der Waals surface area contributed by atoms with E-state index in [1.165, 1.54) is 35.3 Å².